The number of rotatable bonds is 41. The molecule has 0 aliphatic carbocycles. The van der Waals surface area contributed by atoms with Crippen molar-refractivity contribution in [2.45, 2.75) is 213 Å². The van der Waals surface area contributed by atoms with Gasteiger partial charge in [0.05, 0.1) is 13.2 Å². The van der Waals surface area contributed by atoms with Gasteiger partial charge in [-0.1, -0.05) is 179 Å². The van der Waals surface area contributed by atoms with Crippen LogP contribution in [0.1, 0.15) is 206 Å². The van der Waals surface area contributed by atoms with Crippen molar-refractivity contribution in [3.8, 4) is 0 Å². The predicted molar refractivity (Wildman–Crippen MR) is 220 cm³/mol. The third-order valence-corrected chi connectivity index (χ3v) is 10.3. The van der Waals surface area contributed by atoms with Crippen LogP contribution >= 0.6 is 7.82 Å². The largest absolute Gasteiger partial charge is 0.472 e. The molecule has 53 heavy (non-hydrogen) atoms. The SMILES string of the molecule is CCCCCCCCCCC/C=C\C/C=C\CCCC(=O)OC[C@@H](COP(=O)(O)OCCN)OC(=O)CCCCCCCCCCCCCCCCC. The van der Waals surface area contributed by atoms with Crippen molar-refractivity contribution in [2.75, 3.05) is 26.4 Å². The molecule has 2 atom stereocenters. The van der Waals surface area contributed by atoms with E-state index in [1.54, 1.807) is 0 Å². The van der Waals surface area contributed by atoms with Crippen molar-refractivity contribution in [1.82, 2.24) is 0 Å². The summed E-state index contributed by atoms with van der Waals surface area (Å²) in [4.78, 5) is 34.8. The summed E-state index contributed by atoms with van der Waals surface area (Å²) >= 11 is 0. The van der Waals surface area contributed by atoms with E-state index in [1.807, 2.05) is 0 Å². The lowest BCUT2D eigenvalue weighted by atomic mass is 10.0. The van der Waals surface area contributed by atoms with E-state index in [1.165, 1.54) is 135 Å². The second-order valence-electron chi connectivity index (χ2n) is 14.6. The fourth-order valence-electron chi connectivity index (χ4n) is 6.09. The molecule has 0 saturated heterocycles. The fraction of sp³-hybridized carbons (Fsp3) is 0.860. The molecule has 0 bridgehead atoms. The molecule has 0 aromatic heterocycles. The van der Waals surface area contributed by atoms with Crippen molar-refractivity contribution in [2.24, 2.45) is 5.73 Å². The van der Waals surface area contributed by atoms with Gasteiger partial charge in [0.2, 0.25) is 0 Å². The van der Waals surface area contributed by atoms with Gasteiger partial charge in [0.15, 0.2) is 6.10 Å². The van der Waals surface area contributed by atoms with E-state index in [9.17, 15) is 19.0 Å². The van der Waals surface area contributed by atoms with Crippen LogP contribution in [0.4, 0.5) is 0 Å². The van der Waals surface area contributed by atoms with E-state index < -0.39 is 32.5 Å². The summed E-state index contributed by atoms with van der Waals surface area (Å²) in [6.07, 6.45) is 42.1. The first kappa shape index (κ1) is 51.5. The minimum Gasteiger partial charge on any atom is -0.462 e. The minimum absolute atomic E-state index is 0.0501. The summed E-state index contributed by atoms with van der Waals surface area (Å²) < 4.78 is 32.7. The summed E-state index contributed by atoms with van der Waals surface area (Å²) in [6.45, 7) is 3.70. The zero-order valence-electron chi connectivity index (χ0n) is 34.3. The Balaban J connectivity index is 4.19. The third-order valence-electron chi connectivity index (χ3n) is 9.34. The van der Waals surface area contributed by atoms with Gasteiger partial charge in [-0.15, -0.1) is 0 Å². The van der Waals surface area contributed by atoms with Crippen molar-refractivity contribution in [3.63, 3.8) is 0 Å². The summed E-state index contributed by atoms with van der Waals surface area (Å²) in [5.41, 5.74) is 5.34. The van der Waals surface area contributed by atoms with Gasteiger partial charge in [-0.25, -0.2) is 4.57 Å². The Kier molecular flexibility index (Phi) is 39.0. The van der Waals surface area contributed by atoms with Gasteiger partial charge in [0.25, 0.3) is 0 Å². The zero-order chi connectivity index (χ0) is 38.9. The van der Waals surface area contributed by atoms with Gasteiger partial charge in [0, 0.05) is 19.4 Å². The van der Waals surface area contributed by atoms with Crippen LogP contribution in [0.2, 0.25) is 0 Å². The van der Waals surface area contributed by atoms with Crippen molar-refractivity contribution in [1.29, 1.82) is 0 Å². The molecule has 10 heteroatoms. The van der Waals surface area contributed by atoms with Gasteiger partial charge in [-0.05, 0) is 38.5 Å². The zero-order valence-corrected chi connectivity index (χ0v) is 35.2. The lowest BCUT2D eigenvalue weighted by molar-refractivity contribution is -0.161. The number of carbonyl (C=O) groups excluding carboxylic acids is 2. The van der Waals surface area contributed by atoms with Crippen LogP contribution in [-0.4, -0.2) is 49.3 Å². The summed E-state index contributed by atoms with van der Waals surface area (Å²) in [5, 5.41) is 0. The average Bonchev–Trinajstić information content (AvgIpc) is 3.14. The molecule has 0 rings (SSSR count). The number of nitrogens with two attached hydrogens (primary N) is 1. The molecular formula is C43H82NO8P. The molecule has 0 fully saturated rings. The number of esters is 2. The molecule has 0 aromatic carbocycles. The van der Waals surface area contributed by atoms with Gasteiger partial charge in [0.1, 0.15) is 6.61 Å². The Morgan fingerprint density at radius 1 is 0.566 bits per heavy atom. The van der Waals surface area contributed by atoms with Crippen molar-refractivity contribution in [3.05, 3.63) is 24.3 Å². The number of unbranched alkanes of at least 4 members (excludes halogenated alkanes) is 24. The van der Waals surface area contributed by atoms with E-state index in [-0.39, 0.29) is 32.6 Å². The molecule has 0 radical (unpaired) electrons. The van der Waals surface area contributed by atoms with E-state index in [0.29, 0.717) is 12.8 Å². The van der Waals surface area contributed by atoms with Gasteiger partial charge in [-0.2, -0.15) is 0 Å². The van der Waals surface area contributed by atoms with Crippen LogP contribution in [0.15, 0.2) is 24.3 Å². The first-order chi connectivity index (χ1) is 25.8. The molecule has 0 aromatic rings. The molecule has 0 spiro atoms. The second-order valence-corrected chi connectivity index (χ2v) is 16.0. The van der Waals surface area contributed by atoms with E-state index in [4.69, 9.17) is 24.3 Å². The lowest BCUT2D eigenvalue weighted by Gasteiger charge is -2.19. The maximum absolute atomic E-state index is 12.6. The van der Waals surface area contributed by atoms with E-state index >= 15 is 0 Å². The molecule has 0 amide bonds. The Morgan fingerprint density at radius 2 is 1.00 bits per heavy atom. The summed E-state index contributed by atoms with van der Waals surface area (Å²) in [7, 11) is -4.38. The van der Waals surface area contributed by atoms with E-state index in [0.717, 1.165) is 32.1 Å². The molecular weight excluding hydrogens is 689 g/mol. The maximum atomic E-state index is 12.6. The molecule has 0 saturated carbocycles. The normalized spacial score (nSPS) is 13.5. The number of allylic oxidation sites excluding steroid dienone is 4. The highest BCUT2D eigenvalue weighted by Gasteiger charge is 2.26. The fourth-order valence-corrected chi connectivity index (χ4v) is 6.85. The van der Waals surface area contributed by atoms with Crippen molar-refractivity contribution < 1.29 is 37.6 Å². The molecule has 3 N–H and O–H groups in total. The summed E-state index contributed by atoms with van der Waals surface area (Å²) in [5.74, 6) is -0.873. The quantitative estimate of drug-likeness (QED) is 0.0269. The van der Waals surface area contributed by atoms with Crippen molar-refractivity contribution >= 4 is 19.8 Å². The second kappa shape index (κ2) is 40.2. The molecule has 1 unspecified atom stereocenters. The Morgan fingerprint density at radius 3 is 1.49 bits per heavy atom. The molecule has 0 aliphatic rings. The molecule has 312 valence electrons. The number of hydrogen-bond acceptors (Lipinski definition) is 8. The number of phosphoric acid groups is 1. The number of phosphoric ester groups is 1. The molecule has 9 nitrogen and oxygen atoms in total. The first-order valence-electron chi connectivity index (χ1n) is 21.8. The number of ether oxygens (including phenoxy) is 2. The Hall–Kier alpha value is -1.51. The van der Waals surface area contributed by atoms with E-state index in [2.05, 4.69) is 38.2 Å². The average molecular weight is 772 g/mol. The van der Waals surface area contributed by atoms with Crippen LogP contribution in [-0.2, 0) is 32.7 Å². The first-order valence-corrected chi connectivity index (χ1v) is 23.3. The highest BCUT2D eigenvalue weighted by atomic mass is 31.2. The number of carbonyl (C=O) groups is 2. The smallest absolute Gasteiger partial charge is 0.462 e. The van der Waals surface area contributed by atoms with Gasteiger partial charge in [-0.3, -0.25) is 18.6 Å². The minimum atomic E-state index is -4.38. The highest BCUT2D eigenvalue weighted by Crippen LogP contribution is 2.43. The Labute approximate surface area is 325 Å². The molecule has 0 aliphatic heterocycles. The standard InChI is InChI=1S/C43H82NO8P/c1-3-5-7-9-11-13-15-17-19-20-22-23-25-27-29-31-33-35-42(45)49-39-41(40-51-53(47,48)50-38-37-44)52-43(46)36-34-32-30-28-26-24-21-18-16-14-12-10-8-6-4-2/h22-23,27,29,41H,3-21,24-26,28,30-40,44H2,1-2H3,(H,47,48)/b23-22-,29-27-/t41-/m0/s1. The van der Waals surface area contributed by atoms with Crippen LogP contribution in [0.25, 0.3) is 0 Å². The maximum Gasteiger partial charge on any atom is 0.472 e. The Bertz CT molecular complexity index is 928. The van der Waals surface area contributed by atoms with Gasteiger partial charge < -0.3 is 20.1 Å². The lowest BCUT2D eigenvalue weighted by Crippen LogP contribution is -2.29. The highest BCUT2D eigenvalue weighted by molar-refractivity contribution is 7.47. The van der Waals surface area contributed by atoms with Crippen LogP contribution in [0, 0.1) is 0 Å². The third kappa shape index (κ3) is 40.0. The monoisotopic (exact) mass is 772 g/mol. The summed E-state index contributed by atoms with van der Waals surface area (Å²) in [6, 6.07) is 0. The number of hydrogen-bond donors (Lipinski definition) is 2. The van der Waals surface area contributed by atoms with Crippen LogP contribution in [0.5, 0.6) is 0 Å². The van der Waals surface area contributed by atoms with Crippen LogP contribution < -0.4 is 5.73 Å². The molecule has 0 heterocycles. The van der Waals surface area contributed by atoms with Crippen LogP contribution in [0.3, 0.4) is 0 Å². The van der Waals surface area contributed by atoms with Gasteiger partial charge >= 0.3 is 19.8 Å². The predicted octanol–water partition coefficient (Wildman–Crippen LogP) is 12.4. The topological polar surface area (TPSA) is 134 Å².